The third kappa shape index (κ3) is 2.95. The van der Waals surface area contributed by atoms with Crippen molar-refractivity contribution in [2.75, 3.05) is 0 Å². The number of aryl methyl sites for hydroxylation is 1. The van der Waals surface area contributed by atoms with Gasteiger partial charge < -0.3 is 5.73 Å². The molecule has 100 valence electrons. The summed E-state index contributed by atoms with van der Waals surface area (Å²) in [5.41, 5.74) is 8.01. The van der Waals surface area contributed by atoms with Crippen LogP contribution in [0.1, 0.15) is 22.7 Å². The molecule has 19 heavy (non-hydrogen) atoms. The van der Waals surface area contributed by atoms with Crippen molar-refractivity contribution in [1.29, 1.82) is 0 Å². The molecule has 0 aliphatic carbocycles. The zero-order valence-electron chi connectivity index (χ0n) is 10.1. The molecule has 1 nitrogen and oxygen atoms in total. The number of benzene rings is 2. The van der Waals surface area contributed by atoms with Gasteiger partial charge in [-0.3, -0.25) is 0 Å². The molecule has 0 heterocycles. The minimum absolute atomic E-state index is 0.320. The summed E-state index contributed by atoms with van der Waals surface area (Å²) < 4.78 is 14.5. The second-order valence-corrected chi connectivity index (χ2v) is 5.88. The van der Waals surface area contributed by atoms with Crippen LogP contribution < -0.4 is 5.73 Å². The number of halogens is 4. The number of rotatable bonds is 2. The Kier molecular flexibility index (Phi) is 4.51. The third-order valence-corrected chi connectivity index (χ3v) is 4.64. The van der Waals surface area contributed by atoms with Crippen LogP contribution in [0.15, 0.2) is 34.8 Å². The van der Waals surface area contributed by atoms with E-state index in [1.165, 1.54) is 12.1 Å². The van der Waals surface area contributed by atoms with Crippen LogP contribution >= 0.6 is 39.1 Å². The van der Waals surface area contributed by atoms with Gasteiger partial charge in [0.15, 0.2) is 0 Å². The molecule has 5 heteroatoms. The first kappa shape index (κ1) is 14.8. The fraction of sp³-hybridized carbons (Fsp3) is 0.143. The molecule has 0 amide bonds. The highest BCUT2D eigenvalue weighted by atomic mass is 79.9. The van der Waals surface area contributed by atoms with Crippen molar-refractivity contribution in [3.8, 4) is 0 Å². The van der Waals surface area contributed by atoms with Crippen LogP contribution in [0.25, 0.3) is 0 Å². The van der Waals surface area contributed by atoms with Crippen molar-refractivity contribution >= 4 is 39.1 Å². The van der Waals surface area contributed by atoms with Crippen LogP contribution in [0, 0.1) is 12.7 Å². The molecule has 0 saturated heterocycles. The van der Waals surface area contributed by atoms with Gasteiger partial charge in [-0.05, 0) is 46.1 Å². The van der Waals surface area contributed by atoms with Crippen LogP contribution in [0.3, 0.4) is 0 Å². The van der Waals surface area contributed by atoms with Crippen LogP contribution in [0.5, 0.6) is 0 Å². The Morgan fingerprint density at radius 2 is 1.89 bits per heavy atom. The molecule has 2 rings (SSSR count). The van der Waals surface area contributed by atoms with Gasteiger partial charge >= 0.3 is 0 Å². The molecule has 0 aromatic heterocycles. The van der Waals surface area contributed by atoms with Crippen LogP contribution in [-0.2, 0) is 0 Å². The van der Waals surface area contributed by atoms with Crippen molar-refractivity contribution < 1.29 is 4.39 Å². The molecule has 0 aliphatic heterocycles. The summed E-state index contributed by atoms with van der Waals surface area (Å²) in [5, 5.41) is 0.962. The van der Waals surface area contributed by atoms with Crippen molar-refractivity contribution in [1.82, 2.24) is 0 Å². The summed E-state index contributed by atoms with van der Waals surface area (Å²) in [7, 11) is 0. The summed E-state index contributed by atoms with van der Waals surface area (Å²) in [6.07, 6.45) is 0. The Labute approximate surface area is 129 Å². The minimum Gasteiger partial charge on any atom is -0.320 e. The number of nitrogens with two attached hydrogens (primary N) is 1. The standard InChI is InChI=1S/C14H11BrCl2FN/c1-7-3-2-4-8(13(7)17)14(19)9-5-11(16)10(15)6-12(9)18/h2-6,14H,19H2,1H3. The quantitative estimate of drug-likeness (QED) is 0.725. The summed E-state index contributed by atoms with van der Waals surface area (Å²) in [6.45, 7) is 1.88. The average molecular weight is 363 g/mol. The Morgan fingerprint density at radius 1 is 1.21 bits per heavy atom. The van der Waals surface area contributed by atoms with E-state index >= 15 is 0 Å². The molecule has 2 N–H and O–H groups in total. The lowest BCUT2D eigenvalue weighted by Crippen LogP contribution is -2.14. The Bertz CT molecular complexity index is 631. The van der Waals surface area contributed by atoms with E-state index in [4.69, 9.17) is 28.9 Å². The molecular formula is C14H11BrCl2FN. The van der Waals surface area contributed by atoms with E-state index in [2.05, 4.69) is 15.9 Å². The normalized spacial score (nSPS) is 12.5. The van der Waals surface area contributed by atoms with Crippen molar-refractivity contribution in [2.45, 2.75) is 13.0 Å². The first-order valence-corrected chi connectivity index (χ1v) is 7.11. The van der Waals surface area contributed by atoms with Gasteiger partial charge in [0.25, 0.3) is 0 Å². The molecule has 0 bridgehead atoms. The molecular weight excluding hydrogens is 352 g/mol. The van der Waals surface area contributed by atoms with Gasteiger partial charge in [0.2, 0.25) is 0 Å². The zero-order valence-corrected chi connectivity index (χ0v) is 13.2. The maximum Gasteiger partial charge on any atom is 0.129 e. The van der Waals surface area contributed by atoms with Crippen LogP contribution in [0.2, 0.25) is 10.0 Å². The van der Waals surface area contributed by atoms with E-state index in [0.717, 1.165) is 5.56 Å². The molecule has 0 fully saturated rings. The Balaban J connectivity index is 2.53. The number of hydrogen-bond acceptors (Lipinski definition) is 1. The SMILES string of the molecule is Cc1cccc(C(N)c2cc(Cl)c(Br)cc2F)c1Cl. The highest BCUT2D eigenvalue weighted by Crippen LogP contribution is 2.33. The summed E-state index contributed by atoms with van der Waals surface area (Å²) in [5.74, 6) is -0.415. The van der Waals surface area contributed by atoms with Gasteiger partial charge in [0.1, 0.15) is 5.82 Å². The second-order valence-electron chi connectivity index (χ2n) is 4.24. The first-order valence-electron chi connectivity index (χ1n) is 5.57. The molecule has 2 aromatic carbocycles. The van der Waals surface area contributed by atoms with Gasteiger partial charge in [-0.15, -0.1) is 0 Å². The molecule has 2 aromatic rings. The van der Waals surface area contributed by atoms with E-state index in [9.17, 15) is 4.39 Å². The van der Waals surface area contributed by atoms with Crippen molar-refractivity contribution in [3.63, 3.8) is 0 Å². The van der Waals surface area contributed by atoms with E-state index in [1.807, 2.05) is 19.1 Å². The first-order chi connectivity index (χ1) is 8.91. The molecule has 0 aliphatic rings. The Morgan fingerprint density at radius 3 is 2.58 bits per heavy atom. The molecule has 1 unspecified atom stereocenters. The predicted octanol–water partition coefficient (Wildman–Crippen LogP) is 5.25. The maximum atomic E-state index is 14.0. The predicted molar refractivity (Wildman–Crippen MR) is 81.3 cm³/mol. The lowest BCUT2D eigenvalue weighted by Gasteiger charge is -2.17. The van der Waals surface area contributed by atoms with Crippen LogP contribution in [-0.4, -0.2) is 0 Å². The lowest BCUT2D eigenvalue weighted by molar-refractivity contribution is 0.599. The fourth-order valence-corrected chi connectivity index (χ4v) is 2.59. The smallest absolute Gasteiger partial charge is 0.129 e. The minimum atomic E-state index is -0.655. The fourth-order valence-electron chi connectivity index (χ4n) is 1.85. The summed E-state index contributed by atoms with van der Waals surface area (Å²) >= 11 is 15.4. The van der Waals surface area contributed by atoms with Crippen molar-refractivity contribution in [2.24, 2.45) is 5.73 Å². The zero-order chi connectivity index (χ0) is 14.2. The van der Waals surface area contributed by atoms with Crippen LogP contribution in [0.4, 0.5) is 4.39 Å². The van der Waals surface area contributed by atoms with E-state index in [0.29, 0.717) is 25.6 Å². The Hall–Kier alpha value is -0.610. The second kappa shape index (κ2) is 5.80. The van der Waals surface area contributed by atoms with E-state index in [-0.39, 0.29) is 0 Å². The topological polar surface area (TPSA) is 26.0 Å². The monoisotopic (exact) mass is 361 g/mol. The largest absolute Gasteiger partial charge is 0.320 e. The maximum absolute atomic E-state index is 14.0. The van der Waals surface area contributed by atoms with E-state index in [1.54, 1.807) is 6.07 Å². The number of hydrogen-bond donors (Lipinski definition) is 1. The molecule has 0 radical (unpaired) electrons. The average Bonchev–Trinajstić information content (AvgIpc) is 2.36. The molecule has 1 atom stereocenters. The van der Waals surface area contributed by atoms with Gasteiger partial charge in [-0.1, -0.05) is 41.4 Å². The van der Waals surface area contributed by atoms with E-state index < -0.39 is 11.9 Å². The molecule has 0 spiro atoms. The van der Waals surface area contributed by atoms with Crippen molar-refractivity contribution in [3.05, 3.63) is 67.4 Å². The molecule has 0 saturated carbocycles. The van der Waals surface area contributed by atoms with Gasteiger partial charge in [0, 0.05) is 15.1 Å². The highest BCUT2D eigenvalue weighted by Gasteiger charge is 2.18. The van der Waals surface area contributed by atoms with Gasteiger partial charge in [-0.25, -0.2) is 4.39 Å². The van der Waals surface area contributed by atoms with Gasteiger partial charge in [0.05, 0.1) is 11.1 Å². The third-order valence-electron chi connectivity index (χ3n) is 2.93. The highest BCUT2D eigenvalue weighted by molar-refractivity contribution is 9.10. The van der Waals surface area contributed by atoms with Gasteiger partial charge in [-0.2, -0.15) is 0 Å². The summed E-state index contributed by atoms with van der Waals surface area (Å²) in [6, 6.07) is 7.68. The summed E-state index contributed by atoms with van der Waals surface area (Å²) in [4.78, 5) is 0. The lowest BCUT2D eigenvalue weighted by atomic mass is 9.97.